The lowest BCUT2D eigenvalue weighted by atomic mass is 10.2. The molecule has 1 heterocycles. The Labute approximate surface area is 122 Å². The van der Waals surface area contributed by atoms with Crippen molar-refractivity contribution in [2.24, 2.45) is 0 Å². The third-order valence-corrected chi connectivity index (χ3v) is 2.86. The SMILES string of the molecule is CCCNc1cc(Oc2cccc([N+](=O)[O-])c2C)ncn1. The van der Waals surface area contributed by atoms with E-state index in [1.54, 1.807) is 25.1 Å². The number of aromatic nitrogens is 2. The van der Waals surface area contributed by atoms with Gasteiger partial charge in [-0.2, -0.15) is 0 Å². The second kappa shape index (κ2) is 6.65. The number of anilines is 1. The van der Waals surface area contributed by atoms with E-state index in [1.165, 1.54) is 12.4 Å². The summed E-state index contributed by atoms with van der Waals surface area (Å²) >= 11 is 0. The van der Waals surface area contributed by atoms with Gasteiger partial charge in [-0.15, -0.1) is 0 Å². The molecule has 2 rings (SSSR count). The molecule has 1 aromatic carbocycles. The van der Waals surface area contributed by atoms with E-state index in [0.717, 1.165) is 13.0 Å². The molecular weight excluding hydrogens is 272 g/mol. The summed E-state index contributed by atoms with van der Waals surface area (Å²) in [5.74, 6) is 1.40. The van der Waals surface area contributed by atoms with Crippen molar-refractivity contribution in [3.05, 3.63) is 46.3 Å². The fourth-order valence-corrected chi connectivity index (χ4v) is 1.77. The number of hydrogen-bond acceptors (Lipinski definition) is 6. The maximum Gasteiger partial charge on any atom is 0.276 e. The predicted octanol–water partition coefficient (Wildman–Crippen LogP) is 3.31. The topological polar surface area (TPSA) is 90.2 Å². The third kappa shape index (κ3) is 3.65. The van der Waals surface area contributed by atoms with Gasteiger partial charge in [0.05, 0.1) is 10.5 Å². The summed E-state index contributed by atoms with van der Waals surface area (Å²) in [6.45, 7) is 4.50. The number of nitro groups is 1. The molecule has 0 amide bonds. The van der Waals surface area contributed by atoms with Gasteiger partial charge in [0, 0.05) is 18.7 Å². The van der Waals surface area contributed by atoms with Crippen LogP contribution in [-0.2, 0) is 0 Å². The summed E-state index contributed by atoms with van der Waals surface area (Å²) in [5.41, 5.74) is 0.482. The Morgan fingerprint density at radius 3 is 2.90 bits per heavy atom. The van der Waals surface area contributed by atoms with Crippen molar-refractivity contribution in [3.63, 3.8) is 0 Å². The Bertz CT molecular complexity index is 646. The van der Waals surface area contributed by atoms with Gasteiger partial charge in [0.25, 0.3) is 5.69 Å². The maximum atomic E-state index is 10.9. The first-order chi connectivity index (χ1) is 10.1. The van der Waals surface area contributed by atoms with Gasteiger partial charge in [0.2, 0.25) is 5.88 Å². The van der Waals surface area contributed by atoms with Crippen LogP contribution in [0.2, 0.25) is 0 Å². The number of benzene rings is 1. The quantitative estimate of drug-likeness (QED) is 0.647. The van der Waals surface area contributed by atoms with E-state index in [9.17, 15) is 10.1 Å². The average Bonchev–Trinajstić information content (AvgIpc) is 2.47. The van der Waals surface area contributed by atoms with E-state index in [-0.39, 0.29) is 5.69 Å². The van der Waals surface area contributed by atoms with Crippen LogP contribution in [0.4, 0.5) is 11.5 Å². The molecule has 0 aliphatic rings. The minimum Gasteiger partial charge on any atom is -0.438 e. The Morgan fingerprint density at radius 1 is 1.38 bits per heavy atom. The first-order valence-electron chi connectivity index (χ1n) is 6.59. The molecule has 0 bridgehead atoms. The van der Waals surface area contributed by atoms with Crippen molar-refractivity contribution in [2.45, 2.75) is 20.3 Å². The van der Waals surface area contributed by atoms with E-state index >= 15 is 0 Å². The molecule has 0 spiro atoms. The van der Waals surface area contributed by atoms with Crippen molar-refractivity contribution in [1.29, 1.82) is 0 Å². The van der Waals surface area contributed by atoms with Gasteiger partial charge in [-0.25, -0.2) is 9.97 Å². The van der Waals surface area contributed by atoms with Crippen LogP contribution in [-0.4, -0.2) is 21.4 Å². The highest BCUT2D eigenvalue weighted by Gasteiger charge is 2.15. The number of nitro benzene ring substituents is 1. The van der Waals surface area contributed by atoms with Crippen LogP contribution in [0.3, 0.4) is 0 Å². The molecule has 2 aromatic rings. The third-order valence-electron chi connectivity index (χ3n) is 2.86. The van der Waals surface area contributed by atoms with Crippen LogP contribution in [0.15, 0.2) is 30.6 Å². The molecule has 0 atom stereocenters. The molecule has 7 nitrogen and oxygen atoms in total. The summed E-state index contributed by atoms with van der Waals surface area (Å²) in [5, 5.41) is 14.0. The van der Waals surface area contributed by atoms with Crippen molar-refractivity contribution in [1.82, 2.24) is 9.97 Å². The van der Waals surface area contributed by atoms with Crippen molar-refractivity contribution in [2.75, 3.05) is 11.9 Å². The zero-order valence-electron chi connectivity index (χ0n) is 11.9. The lowest BCUT2D eigenvalue weighted by Gasteiger charge is -2.09. The summed E-state index contributed by atoms with van der Waals surface area (Å²) in [7, 11) is 0. The monoisotopic (exact) mass is 288 g/mol. The number of nitrogens with zero attached hydrogens (tertiary/aromatic N) is 3. The molecular formula is C14H16N4O3. The molecule has 1 aromatic heterocycles. The average molecular weight is 288 g/mol. The van der Waals surface area contributed by atoms with Crippen molar-refractivity contribution >= 4 is 11.5 Å². The molecule has 0 radical (unpaired) electrons. The van der Waals surface area contributed by atoms with Crippen LogP contribution in [0.1, 0.15) is 18.9 Å². The lowest BCUT2D eigenvalue weighted by Crippen LogP contribution is -2.02. The number of ether oxygens (including phenoxy) is 1. The standard InChI is InChI=1S/C14H16N4O3/c1-3-7-15-13-8-14(17-9-16-13)21-12-6-4-5-11(10(12)2)18(19)20/h4-6,8-9H,3,7H2,1-2H3,(H,15,16,17). The zero-order chi connectivity index (χ0) is 15.2. The molecule has 21 heavy (non-hydrogen) atoms. The fraction of sp³-hybridized carbons (Fsp3) is 0.286. The fourth-order valence-electron chi connectivity index (χ4n) is 1.77. The summed E-state index contributed by atoms with van der Waals surface area (Å²) in [6, 6.07) is 6.35. The van der Waals surface area contributed by atoms with Gasteiger partial charge < -0.3 is 10.1 Å². The molecule has 7 heteroatoms. The second-order valence-corrected chi connectivity index (χ2v) is 4.43. The van der Waals surface area contributed by atoms with E-state index in [1.807, 2.05) is 0 Å². The molecule has 0 unspecified atom stereocenters. The Morgan fingerprint density at radius 2 is 2.19 bits per heavy atom. The van der Waals surface area contributed by atoms with Gasteiger partial charge >= 0.3 is 0 Å². The summed E-state index contributed by atoms with van der Waals surface area (Å²) < 4.78 is 5.63. The molecule has 1 N–H and O–H groups in total. The van der Waals surface area contributed by atoms with E-state index < -0.39 is 4.92 Å². The predicted molar refractivity (Wildman–Crippen MR) is 78.7 cm³/mol. The Hall–Kier alpha value is -2.70. The summed E-state index contributed by atoms with van der Waals surface area (Å²) in [6.07, 6.45) is 2.37. The molecule has 110 valence electrons. The van der Waals surface area contributed by atoms with Crippen LogP contribution in [0, 0.1) is 17.0 Å². The van der Waals surface area contributed by atoms with E-state index in [4.69, 9.17) is 4.74 Å². The van der Waals surface area contributed by atoms with Crippen molar-refractivity contribution < 1.29 is 9.66 Å². The van der Waals surface area contributed by atoms with Crippen LogP contribution in [0.25, 0.3) is 0 Å². The number of nitrogens with one attached hydrogen (secondary N) is 1. The number of rotatable bonds is 6. The van der Waals surface area contributed by atoms with Gasteiger partial charge in [-0.05, 0) is 19.4 Å². The molecule has 0 fully saturated rings. The number of hydrogen-bond donors (Lipinski definition) is 1. The van der Waals surface area contributed by atoms with Gasteiger partial charge in [0.15, 0.2) is 0 Å². The van der Waals surface area contributed by atoms with Crippen LogP contribution in [0.5, 0.6) is 11.6 Å². The van der Waals surface area contributed by atoms with Crippen molar-refractivity contribution in [3.8, 4) is 11.6 Å². The largest absolute Gasteiger partial charge is 0.438 e. The van der Waals surface area contributed by atoms with Gasteiger partial charge in [-0.3, -0.25) is 10.1 Å². The molecule has 0 saturated carbocycles. The Kier molecular flexibility index (Phi) is 4.65. The highest BCUT2D eigenvalue weighted by atomic mass is 16.6. The molecule has 0 aliphatic carbocycles. The normalized spacial score (nSPS) is 10.2. The van der Waals surface area contributed by atoms with Gasteiger partial charge in [-0.1, -0.05) is 13.0 Å². The van der Waals surface area contributed by atoms with Crippen LogP contribution < -0.4 is 10.1 Å². The second-order valence-electron chi connectivity index (χ2n) is 4.43. The van der Waals surface area contributed by atoms with E-state index in [2.05, 4.69) is 22.2 Å². The van der Waals surface area contributed by atoms with Crippen LogP contribution >= 0.6 is 0 Å². The highest BCUT2D eigenvalue weighted by Crippen LogP contribution is 2.30. The minimum absolute atomic E-state index is 0.0193. The zero-order valence-corrected chi connectivity index (χ0v) is 11.9. The Balaban J connectivity index is 2.22. The first-order valence-corrected chi connectivity index (χ1v) is 6.59. The smallest absolute Gasteiger partial charge is 0.276 e. The summed E-state index contributed by atoms with van der Waals surface area (Å²) in [4.78, 5) is 18.6. The first kappa shape index (κ1) is 14.7. The highest BCUT2D eigenvalue weighted by molar-refractivity contribution is 5.50. The van der Waals surface area contributed by atoms with Gasteiger partial charge in [0.1, 0.15) is 17.9 Å². The maximum absolute atomic E-state index is 10.9. The molecule has 0 saturated heterocycles. The minimum atomic E-state index is -0.434. The van der Waals surface area contributed by atoms with E-state index in [0.29, 0.717) is 23.0 Å². The molecule has 0 aliphatic heterocycles. The lowest BCUT2D eigenvalue weighted by molar-refractivity contribution is -0.385.